The number of methoxy groups -OCH3 is 3. The molecular formula is C17H19FN2O4. The van der Waals surface area contributed by atoms with Crippen molar-refractivity contribution in [3.8, 4) is 23.0 Å². The molecule has 0 unspecified atom stereocenters. The maximum atomic E-state index is 13.8. The Kier molecular flexibility index (Phi) is 5.47. The van der Waals surface area contributed by atoms with Crippen LogP contribution in [0.3, 0.4) is 0 Å². The Bertz CT molecular complexity index is 724. The fourth-order valence-electron chi connectivity index (χ4n) is 2.27. The van der Waals surface area contributed by atoms with E-state index < -0.39 is 11.7 Å². The SMILES string of the molecule is COc1cc(COc2cccc(F)c2C(=N)N)cc(OC)c1OC. The summed E-state index contributed by atoms with van der Waals surface area (Å²) in [6, 6.07) is 7.73. The van der Waals surface area contributed by atoms with E-state index in [1.807, 2.05) is 0 Å². The molecule has 0 amide bonds. The van der Waals surface area contributed by atoms with Crippen LogP contribution >= 0.6 is 0 Å². The molecule has 0 radical (unpaired) electrons. The van der Waals surface area contributed by atoms with Gasteiger partial charge in [0.15, 0.2) is 11.5 Å². The van der Waals surface area contributed by atoms with Crippen LogP contribution in [0.1, 0.15) is 11.1 Å². The number of nitrogen functional groups attached to an aromatic ring is 1. The lowest BCUT2D eigenvalue weighted by Gasteiger charge is -2.15. The van der Waals surface area contributed by atoms with Crippen LogP contribution in [0.5, 0.6) is 23.0 Å². The van der Waals surface area contributed by atoms with Crippen LogP contribution in [0.4, 0.5) is 4.39 Å². The maximum absolute atomic E-state index is 13.8. The van der Waals surface area contributed by atoms with Crippen molar-refractivity contribution in [2.45, 2.75) is 6.61 Å². The van der Waals surface area contributed by atoms with E-state index in [4.69, 9.17) is 30.1 Å². The summed E-state index contributed by atoms with van der Waals surface area (Å²) in [7, 11) is 4.55. The second-order valence-corrected chi connectivity index (χ2v) is 4.85. The van der Waals surface area contributed by atoms with Crippen LogP contribution < -0.4 is 24.7 Å². The highest BCUT2D eigenvalue weighted by molar-refractivity contribution is 5.97. The minimum absolute atomic E-state index is 0.0649. The topological polar surface area (TPSA) is 86.8 Å². The molecule has 0 saturated carbocycles. The number of halogens is 1. The number of nitrogens with one attached hydrogen (secondary N) is 1. The number of hydrogen-bond donors (Lipinski definition) is 2. The zero-order chi connectivity index (χ0) is 17.7. The summed E-state index contributed by atoms with van der Waals surface area (Å²) in [5.74, 6) is 0.635. The van der Waals surface area contributed by atoms with E-state index in [0.29, 0.717) is 17.2 Å². The standard InChI is InChI=1S/C17H19FN2O4/c1-21-13-7-10(8-14(22-2)16(13)23-3)9-24-12-6-4-5-11(18)15(12)17(19)20/h4-8H,9H2,1-3H3,(H3,19,20). The number of hydrogen-bond acceptors (Lipinski definition) is 5. The number of amidine groups is 1. The third-order valence-electron chi connectivity index (χ3n) is 3.36. The largest absolute Gasteiger partial charge is 0.493 e. The molecule has 2 rings (SSSR count). The van der Waals surface area contributed by atoms with Crippen molar-refractivity contribution in [2.75, 3.05) is 21.3 Å². The second kappa shape index (κ2) is 7.54. The summed E-state index contributed by atoms with van der Waals surface area (Å²) in [5.41, 5.74) is 6.08. The summed E-state index contributed by atoms with van der Waals surface area (Å²) >= 11 is 0. The van der Waals surface area contributed by atoms with Gasteiger partial charge in [-0.15, -0.1) is 0 Å². The molecule has 2 aromatic rings. The summed E-state index contributed by atoms with van der Waals surface area (Å²) in [6.07, 6.45) is 0. The zero-order valence-electron chi connectivity index (χ0n) is 13.7. The van der Waals surface area contributed by atoms with Crippen LogP contribution in [0.25, 0.3) is 0 Å². The Labute approximate surface area is 139 Å². The van der Waals surface area contributed by atoms with Crippen LogP contribution in [0.15, 0.2) is 30.3 Å². The third kappa shape index (κ3) is 3.51. The highest BCUT2D eigenvalue weighted by Gasteiger charge is 2.15. The van der Waals surface area contributed by atoms with Crippen molar-refractivity contribution in [2.24, 2.45) is 5.73 Å². The first-order valence-corrected chi connectivity index (χ1v) is 7.06. The van der Waals surface area contributed by atoms with E-state index in [2.05, 4.69) is 0 Å². The lowest BCUT2D eigenvalue weighted by molar-refractivity contribution is 0.296. The highest BCUT2D eigenvalue weighted by atomic mass is 19.1. The number of nitrogens with two attached hydrogens (primary N) is 1. The van der Waals surface area contributed by atoms with Crippen molar-refractivity contribution in [3.05, 3.63) is 47.3 Å². The first-order valence-electron chi connectivity index (χ1n) is 7.06. The van der Waals surface area contributed by atoms with Crippen LogP contribution in [-0.2, 0) is 6.61 Å². The molecule has 0 spiro atoms. The summed E-state index contributed by atoms with van der Waals surface area (Å²) in [6.45, 7) is 0.112. The fraction of sp³-hybridized carbons (Fsp3) is 0.235. The van der Waals surface area contributed by atoms with Gasteiger partial charge in [0.1, 0.15) is 24.0 Å². The average Bonchev–Trinajstić information content (AvgIpc) is 2.58. The van der Waals surface area contributed by atoms with Crippen molar-refractivity contribution < 1.29 is 23.3 Å². The predicted molar refractivity (Wildman–Crippen MR) is 87.8 cm³/mol. The fourth-order valence-corrected chi connectivity index (χ4v) is 2.27. The van der Waals surface area contributed by atoms with Crippen molar-refractivity contribution >= 4 is 5.84 Å². The molecule has 3 N–H and O–H groups in total. The third-order valence-corrected chi connectivity index (χ3v) is 3.36. The van der Waals surface area contributed by atoms with Gasteiger partial charge in [-0.3, -0.25) is 5.41 Å². The van der Waals surface area contributed by atoms with Crippen LogP contribution in [-0.4, -0.2) is 27.2 Å². The van der Waals surface area contributed by atoms with Crippen molar-refractivity contribution in [1.29, 1.82) is 5.41 Å². The molecule has 0 bridgehead atoms. The molecule has 0 aromatic heterocycles. The maximum Gasteiger partial charge on any atom is 0.203 e. The Morgan fingerprint density at radius 1 is 1.04 bits per heavy atom. The van der Waals surface area contributed by atoms with E-state index in [0.717, 1.165) is 5.56 Å². The van der Waals surface area contributed by atoms with Crippen molar-refractivity contribution in [1.82, 2.24) is 0 Å². The monoisotopic (exact) mass is 334 g/mol. The molecule has 0 aliphatic carbocycles. The summed E-state index contributed by atoms with van der Waals surface area (Å²) in [5, 5.41) is 7.48. The molecule has 0 fully saturated rings. The van der Waals surface area contributed by atoms with Gasteiger partial charge in [0, 0.05) is 0 Å². The minimum atomic E-state index is -0.607. The molecule has 0 aliphatic heterocycles. The smallest absolute Gasteiger partial charge is 0.203 e. The van der Waals surface area contributed by atoms with E-state index in [9.17, 15) is 4.39 Å². The molecule has 2 aromatic carbocycles. The lowest BCUT2D eigenvalue weighted by atomic mass is 10.1. The van der Waals surface area contributed by atoms with Gasteiger partial charge in [-0.1, -0.05) is 6.07 Å². The molecular weight excluding hydrogens is 315 g/mol. The highest BCUT2D eigenvalue weighted by Crippen LogP contribution is 2.38. The summed E-state index contributed by atoms with van der Waals surface area (Å²) < 4.78 is 35.2. The second-order valence-electron chi connectivity index (χ2n) is 4.85. The van der Waals surface area contributed by atoms with Gasteiger partial charge in [0.05, 0.1) is 26.9 Å². The van der Waals surface area contributed by atoms with Gasteiger partial charge in [-0.05, 0) is 29.8 Å². The van der Waals surface area contributed by atoms with Crippen LogP contribution in [0, 0.1) is 11.2 Å². The molecule has 24 heavy (non-hydrogen) atoms. The zero-order valence-corrected chi connectivity index (χ0v) is 13.7. The lowest BCUT2D eigenvalue weighted by Crippen LogP contribution is -2.15. The molecule has 128 valence electrons. The van der Waals surface area contributed by atoms with Gasteiger partial charge in [-0.25, -0.2) is 4.39 Å². The Morgan fingerprint density at radius 2 is 1.67 bits per heavy atom. The van der Waals surface area contributed by atoms with E-state index in [-0.39, 0.29) is 17.9 Å². The van der Waals surface area contributed by atoms with Gasteiger partial charge in [0.2, 0.25) is 5.75 Å². The molecule has 7 heteroatoms. The van der Waals surface area contributed by atoms with Crippen LogP contribution in [0.2, 0.25) is 0 Å². The predicted octanol–water partition coefficient (Wildman–Crippen LogP) is 2.71. The summed E-state index contributed by atoms with van der Waals surface area (Å²) in [4.78, 5) is 0. The van der Waals surface area contributed by atoms with E-state index >= 15 is 0 Å². The van der Waals surface area contributed by atoms with E-state index in [1.165, 1.54) is 33.5 Å². The molecule has 0 atom stereocenters. The Balaban J connectivity index is 2.30. The normalized spacial score (nSPS) is 10.2. The van der Waals surface area contributed by atoms with E-state index in [1.54, 1.807) is 18.2 Å². The Morgan fingerprint density at radius 3 is 2.17 bits per heavy atom. The van der Waals surface area contributed by atoms with Gasteiger partial charge < -0.3 is 24.7 Å². The van der Waals surface area contributed by atoms with Gasteiger partial charge in [-0.2, -0.15) is 0 Å². The Hall–Kier alpha value is -2.96. The molecule has 6 nitrogen and oxygen atoms in total. The molecule has 0 saturated heterocycles. The first kappa shape index (κ1) is 17.4. The molecule has 0 aliphatic rings. The first-order chi connectivity index (χ1) is 11.5. The number of rotatable bonds is 7. The van der Waals surface area contributed by atoms with Gasteiger partial charge in [0.25, 0.3) is 0 Å². The van der Waals surface area contributed by atoms with Gasteiger partial charge >= 0.3 is 0 Å². The number of benzene rings is 2. The van der Waals surface area contributed by atoms with Crippen molar-refractivity contribution in [3.63, 3.8) is 0 Å². The quantitative estimate of drug-likeness (QED) is 0.600. The molecule has 0 heterocycles. The minimum Gasteiger partial charge on any atom is -0.493 e. The number of ether oxygens (including phenoxy) is 4. The average molecular weight is 334 g/mol.